The number of para-hydroxylation sites is 2. The number of hydrogen-bond acceptors (Lipinski definition) is 4. The van der Waals surface area contributed by atoms with Crippen LogP contribution in [0.15, 0.2) is 60.8 Å². The fourth-order valence-electron chi connectivity index (χ4n) is 3.33. The molecule has 1 saturated heterocycles. The molecule has 2 N–H and O–H groups in total. The molecule has 3 aromatic rings. The highest BCUT2D eigenvalue weighted by molar-refractivity contribution is 6.00. The van der Waals surface area contributed by atoms with E-state index in [1.165, 1.54) is 0 Å². The number of hydrogen-bond donors (Lipinski definition) is 2. The van der Waals surface area contributed by atoms with Crippen molar-refractivity contribution in [3.8, 4) is 22.7 Å². The molecule has 0 saturated carbocycles. The zero-order valence-corrected chi connectivity index (χ0v) is 16.4. The number of carbonyl (C=O) groups is 1. The van der Waals surface area contributed by atoms with E-state index in [-0.39, 0.29) is 24.4 Å². The number of nitrogens with one attached hydrogen (secondary N) is 2. The van der Waals surface area contributed by atoms with Crippen molar-refractivity contribution in [2.45, 2.75) is 12.5 Å². The van der Waals surface area contributed by atoms with Crippen molar-refractivity contribution < 1.29 is 9.53 Å². The molecule has 1 atom stereocenters. The van der Waals surface area contributed by atoms with Crippen LogP contribution in [-0.4, -0.2) is 41.9 Å². The van der Waals surface area contributed by atoms with Crippen molar-refractivity contribution in [3.63, 3.8) is 0 Å². The molecule has 0 aliphatic carbocycles. The van der Waals surface area contributed by atoms with Gasteiger partial charge in [0.1, 0.15) is 11.4 Å². The van der Waals surface area contributed by atoms with Gasteiger partial charge in [0.15, 0.2) is 0 Å². The molecular formula is C21H23ClN4O2. The second-order valence-electron chi connectivity index (χ2n) is 6.53. The van der Waals surface area contributed by atoms with E-state index in [0.29, 0.717) is 17.0 Å². The number of aromatic nitrogens is 2. The zero-order valence-electron chi connectivity index (χ0n) is 15.6. The number of methoxy groups -OCH3 is 1. The third-order valence-corrected chi connectivity index (χ3v) is 4.74. The Bertz CT molecular complexity index is 937. The number of benzene rings is 2. The molecule has 0 bridgehead atoms. The summed E-state index contributed by atoms with van der Waals surface area (Å²) in [7, 11) is 1.62. The van der Waals surface area contributed by atoms with Gasteiger partial charge < -0.3 is 15.4 Å². The normalized spacial score (nSPS) is 15.7. The molecule has 146 valence electrons. The van der Waals surface area contributed by atoms with Crippen LogP contribution in [-0.2, 0) is 0 Å². The molecule has 2 aromatic carbocycles. The first-order chi connectivity index (χ1) is 13.3. The Morgan fingerprint density at radius 2 is 1.93 bits per heavy atom. The molecule has 1 aromatic heterocycles. The van der Waals surface area contributed by atoms with Gasteiger partial charge in [-0.15, -0.1) is 12.4 Å². The lowest BCUT2D eigenvalue weighted by Crippen LogP contribution is -2.36. The molecule has 2 heterocycles. The van der Waals surface area contributed by atoms with Crippen LogP contribution in [0.1, 0.15) is 16.8 Å². The summed E-state index contributed by atoms with van der Waals surface area (Å²) in [6.07, 6.45) is 2.72. The molecular weight excluding hydrogens is 376 g/mol. The van der Waals surface area contributed by atoms with Crippen LogP contribution in [0.5, 0.6) is 5.75 Å². The molecule has 1 unspecified atom stereocenters. The third-order valence-electron chi connectivity index (χ3n) is 4.74. The van der Waals surface area contributed by atoms with E-state index < -0.39 is 0 Å². The van der Waals surface area contributed by atoms with Crippen LogP contribution < -0.4 is 15.4 Å². The van der Waals surface area contributed by atoms with Gasteiger partial charge in [0.05, 0.1) is 18.4 Å². The van der Waals surface area contributed by atoms with Gasteiger partial charge in [0.25, 0.3) is 5.91 Å². The van der Waals surface area contributed by atoms with Crippen LogP contribution in [0.4, 0.5) is 0 Å². The molecule has 1 aliphatic heterocycles. The van der Waals surface area contributed by atoms with Crippen molar-refractivity contribution in [1.29, 1.82) is 0 Å². The van der Waals surface area contributed by atoms with Crippen LogP contribution >= 0.6 is 12.4 Å². The summed E-state index contributed by atoms with van der Waals surface area (Å²) in [4.78, 5) is 13.0. The van der Waals surface area contributed by atoms with Gasteiger partial charge >= 0.3 is 0 Å². The minimum absolute atomic E-state index is 0. The number of halogens is 1. The maximum absolute atomic E-state index is 13.0. The Labute approximate surface area is 170 Å². The number of carbonyl (C=O) groups excluding carboxylic acids is 1. The minimum atomic E-state index is -0.119. The van der Waals surface area contributed by atoms with E-state index >= 15 is 0 Å². The SMILES string of the molecule is COc1ccccc1-c1nn(-c2ccccc2)cc1C(=O)NC1CCNC1.Cl. The summed E-state index contributed by atoms with van der Waals surface area (Å²) in [5.41, 5.74) is 2.84. The standard InChI is InChI=1S/C21H22N4O2.ClH/c1-27-19-10-6-5-9-17(19)20-18(21(26)23-15-11-12-22-13-15)14-25(24-20)16-7-3-2-4-8-16;/h2-10,14-15,22H,11-13H2,1H3,(H,23,26);1H. The van der Waals surface area contributed by atoms with Crippen LogP contribution in [0.2, 0.25) is 0 Å². The molecule has 28 heavy (non-hydrogen) atoms. The lowest BCUT2D eigenvalue weighted by Gasteiger charge is -2.12. The summed E-state index contributed by atoms with van der Waals surface area (Å²) in [5, 5.41) is 11.1. The quantitative estimate of drug-likeness (QED) is 0.693. The van der Waals surface area contributed by atoms with Crippen LogP contribution in [0.25, 0.3) is 16.9 Å². The molecule has 1 aliphatic rings. The number of amides is 1. The van der Waals surface area contributed by atoms with Gasteiger partial charge in [-0.1, -0.05) is 30.3 Å². The average Bonchev–Trinajstić information content (AvgIpc) is 3.38. The van der Waals surface area contributed by atoms with E-state index in [4.69, 9.17) is 9.84 Å². The van der Waals surface area contributed by atoms with Gasteiger partial charge in [-0.2, -0.15) is 5.10 Å². The first-order valence-corrected chi connectivity index (χ1v) is 9.06. The predicted octanol–water partition coefficient (Wildman–Crippen LogP) is 3.06. The maximum atomic E-state index is 13.0. The number of nitrogens with zero attached hydrogens (tertiary/aromatic N) is 2. The summed E-state index contributed by atoms with van der Waals surface area (Å²) >= 11 is 0. The molecule has 0 radical (unpaired) electrons. The summed E-state index contributed by atoms with van der Waals surface area (Å²) in [6, 6.07) is 17.5. The first-order valence-electron chi connectivity index (χ1n) is 9.06. The van der Waals surface area contributed by atoms with Crippen molar-refractivity contribution in [3.05, 3.63) is 66.4 Å². The highest BCUT2D eigenvalue weighted by atomic mass is 35.5. The minimum Gasteiger partial charge on any atom is -0.496 e. The lowest BCUT2D eigenvalue weighted by atomic mass is 10.1. The molecule has 0 spiro atoms. The van der Waals surface area contributed by atoms with Gasteiger partial charge in [-0.05, 0) is 37.2 Å². The lowest BCUT2D eigenvalue weighted by molar-refractivity contribution is 0.0940. The number of ether oxygens (including phenoxy) is 1. The molecule has 1 fully saturated rings. The molecule has 4 rings (SSSR count). The van der Waals surface area contributed by atoms with E-state index in [2.05, 4.69) is 10.6 Å². The van der Waals surface area contributed by atoms with Crippen molar-refractivity contribution in [2.75, 3.05) is 20.2 Å². The molecule has 7 heteroatoms. The smallest absolute Gasteiger partial charge is 0.255 e. The van der Waals surface area contributed by atoms with Gasteiger partial charge in [-0.25, -0.2) is 4.68 Å². The monoisotopic (exact) mass is 398 g/mol. The van der Waals surface area contributed by atoms with E-state index in [9.17, 15) is 4.79 Å². The summed E-state index contributed by atoms with van der Waals surface area (Å²) in [6.45, 7) is 1.72. The Morgan fingerprint density at radius 3 is 2.64 bits per heavy atom. The Morgan fingerprint density at radius 1 is 1.18 bits per heavy atom. The molecule has 1 amide bonds. The fraction of sp³-hybridized carbons (Fsp3) is 0.238. The second kappa shape index (κ2) is 8.91. The third kappa shape index (κ3) is 4.03. The van der Waals surface area contributed by atoms with Crippen LogP contribution in [0, 0.1) is 0 Å². The number of rotatable bonds is 5. The van der Waals surface area contributed by atoms with E-state index in [1.807, 2.05) is 54.6 Å². The topological polar surface area (TPSA) is 68.2 Å². The molecule has 6 nitrogen and oxygen atoms in total. The largest absolute Gasteiger partial charge is 0.496 e. The Kier molecular flexibility index (Phi) is 6.34. The van der Waals surface area contributed by atoms with Gasteiger partial charge in [-0.3, -0.25) is 4.79 Å². The highest BCUT2D eigenvalue weighted by Gasteiger charge is 2.24. The van der Waals surface area contributed by atoms with Crippen molar-refractivity contribution in [2.24, 2.45) is 0 Å². The van der Waals surface area contributed by atoms with Crippen molar-refractivity contribution >= 4 is 18.3 Å². The predicted molar refractivity (Wildman–Crippen MR) is 112 cm³/mol. The maximum Gasteiger partial charge on any atom is 0.255 e. The first kappa shape index (κ1) is 19.9. The Balaban J connectivity index is 0.00000225. The average molecular weight is 399 g/mol. The Hall–Kier alpha value is -2.83. The summed E-state index contributed by atoms with van der Waals surface area (Å²) < 4.78 is 7.23. The van der Waals surface area contributed by atoms with Gasteiger partial charge in [0.2, 0.25) is 0 Å². The second-order valence-corrected chi connectivity index (χ2v) is 6.53. The van der Waals surface area contributed by atoms with E-state index in [0.717, 1.165) is 30.8 Å². The fourth-order valence-corrected chi connectivity index (χ4v) is 3.33. The zero-order chi connectivity index (χ0) is 18.6. The van der Waals surface area contributed by atoms with Crippen molar-refractivity contribution in [1.82, 2.24) is 20.4 Å². The van der Waals surface area contributed by atoms with Gasteiger partial charge in [0, 0.05) is 24.3 Å². The summed E-state index contributed by atoms with van der Waals surface area (Å²) in [5.74, 6) is 0.569. The highest BCUT2D eigenvalue weighted by Crippen LogP contribution is 2.31. The van der Waals surface area contributed by atoms with E-state index in [1.54, 1.807) is 18.0 Å². The van der Waals surface area contributed by atoms with Crippen LogP contribution in [0.3, 0.4) is 0 Å².